The average molecular weight is 611 g/mol. The summed E-state index contributed by atoms with van der Waals surface area (Å²) in [5.74, 6) is -1.42. The summed E-state index contributed by atoms with van der Waals surface area (Å²) in [7, 11) is 0. The van der Waals surface area contributed by atoms with Gasteiger partial charge in [0.2, 0.25) is 5.82 Å². The molecule has 0 bridgehead atoms. The fourth-order valence-electron chi connectivity index (χ4n) is 4.89. The molecule has 10 nitrogen and oxygen atoms in total. The van der Waals surface area contributed by atoms with Crippen molar-refractivity contribution in [3.05, 3.63) is 64.0 Å². The van der Waals surface area contributed by atoms with Crippen LogP contribution in [0.2, 0.25) is 10.0 Å². The number of hydrogen-bond donors (Lipinski definition) is 2. The van der Waals surface area contributed by atoms with Crippen LogP contribution in [0.1, 0.15) is 36.6 Å². The number of aliphatic hydroxyl groups excluding tert-OH is 1. The van der Waals surface area contributed by atoms with Crippen molar-refractivity contribution in [2.75, 3.05) is 19.6 Å². The van der Waals surface area contributed by atoms with Gasteiger partial charge in [0.25, 0.3) is 5.89 Å². The maximum atomic E-state index is 14.1. The minimum atomic E-state index is -4.87. The standard InChI is InChI=1S/C26H23Cl2F3N6O4/c27-17-9-19(28)24(32-10-17)37-22(26(29,30)31)18(11-33-37)25-34-23(35-41-25)16-5-3-15(4-6-16)20(38)13-36-7-1-2-14(12-36)8-21(39)40/h3-6,9-11,14,20,38H,1-2,7-8,12-13H2,(H,39,40)/t14-,20-/m1/s1. The number of rotatable bonds is 8. The highest BCUT2D eigenvalue weighted by molar-refractivity contribution is 6.35. The second kappa shape index (κ2) is 11.8. The van der Waals surface area contributed by atoms with E-state index in [1.165, 1.54) is 6.07 Å². The van der Waals surface area contributed by atoms with Crippen LogP contribution in [-0.4, -0.2) is 65.6 Å². The summed E-state index contributed by atoms with van der Waals surface area (Å²) < 4.78 is 48.1. The number of carboxylic acids is 1. The summed E-state index contributed by atoms with van der Waals surface area (Å²) in [4.78, 5) is 21.1. The van der Waals surface area contributed by atoms with Gasteiger partial charge in [0.1, 0.15) is 0 Å². The van der Waals surface area contributed by atoms with Gasteiger partial charge in [0.15, 0.2) is 11.5 Å². The van der Waals surface area contributed by atoms with Gasteiger partial charge in [-0.05, 0) is 36.9 Å². The van der Waals surface area contributed by atoms with Crippen LogP contribution in [0, 0.1) is 5.92 Å². The SMILES string of the molecule is O=C(O)C[C@H]1CCCN(C[C@@H](O)c2ccc(-c3noc(-c4cnn(-c5ncc(Cl)cc5Cl)c4C(F)(F)F)n3)cc2)C1. The molecule has 0 aliphatic carbocycles. The van der Waals surface area contributed by atoms with Crippen LogP contribution >= 0.6 is 23.2 Å². The number of β-amino-alcohol motifs (C(OH)–C–C–N with tert-alkyl or cyclic N) is 1. The predicted molar refractivity (Wildman–Crippen MR) is 141 cm³/mol. The molecule has 1 saturated heterocycles. The van der Waals surface area contributed by atoms with Crippen molar-refractivity contribution in [2.45, 2.75) is 31.5 Å². The lowest BCUT2D eigenvalue weighted by molar-refractivity contribution is -0.142. The Morgan fingerprint density at radius 3 is 2.63 bits per heavy atom. The van der Waals surface area contributed by atoms with Crippen LogP contribution in [0.5, 0.6) is 0 Å². The Bertz CT molecular complexity index is 1540. The number of carboxylic acid groups (broad SMARTS) is 1. The number of likely N-dealkylation sites (tertiary alicyclic amines) is 1. The Labute approximate surface area is 241 Å². The number of alkyl halides is 3. The molecule has 4 heterocycles. The van der Waals surface area contributed by atoms with E-state index in [2.05, 4.69) is 20.2 Å². The second-order valence-corrected chi connectivity index (χ2v) is 10.5. The molecule has 0 saturated carbocycles. The fourth-order valence-corrected chi connectivity index (χ4v) is 5.35. The van der Waals surface area contributed by atoms with Crippen LogP contribution in [-0.2, 0) is 11.0 Å². The molecular formula is C26H23Cl2F3N6O4. The molecule has 1 aromatic carbocycles. The van der Waals surface area contributed by atoms with Crippen molar-refractivity contribution in [3.63, 3.8) is 0 Å². The average Bonchev–Trinajstić information content (AvgIpc) is 3.56. The lowest BCUT2D eigenvalue weighted by atomic mass is 9.94. The van der Waals surface area contributed by atoms with Crippen LogP contribution in [0.25, 0.3) is 28.7 Å². The number of piperidine rings is 1. The summed E-state index contributed by atoms with van der Waals surface area (Å²) in [5, 5.41) is 27.5. The van der Waals surface area contributed by atoms with E-state index < -0.39 is 35.4 Å². The number of pyridine rings is 1. The van der Waals surface area contributed by atoms with Gasteiger partial charge in [-0.15, -0.1) is 0 Å². The Balaban J connectivity index is 1.34. The quantitative estimate of drug-likeness (QED) is 0.264. The van der Waals surface area contributed by atoms with Crippen LogP contribution in [0.4, 0.5) is 13.2 Å². The molecule has 0 unspecified atom stereocenters. The minimum Gasteiger partial charge on any atom is -0.481 e. The topological polar surface area (TPSA) is 130 Å². The molecule has 5 rings (SSSR count). The number of carbonyl (C=O) groups is 1. The maximum absolute atomic E-state index is 14.1. The molecule has 1 aliphatic rings. The Hall–Kier alpha value is -3.52. The Morgan fingerprint density at radius 2 is 1.95 bits per heavy atom. The first-order chi connectivity index (χ1) is 19.5. The molecule has 3 aromatic heterocycles. The van der Waals surface area contributed by atoms with Crippen molar-refractivity contribution >= 4 is 29.2 Å². The lowest BCUT2D eigenvalue weighted by Crippen LogP contribution is -2.38. The van der Waals surface area contributed by atoms with Crippen LogP contribution < -0.4 is 0 Å². The van der Waals surface area contributed by atoms with Gasteiger partial charge < -0.3 is 19.6 Å². The number of nitrogens with zero attached hydrogens (tertiary/aromatic N) is 6. The summed E-state index contributed by atoms with van der Waals surface area (Å²) in [6.45, 7) is 1.72. The van der Waals surface area contributed by atoms with E-state index in [0.717, 1.165) is 31.8 Å². The number of aliphatic hydroxyl groups is 1. The molecule has 4 aromatic rings. The van der Waals surface area contributed by atoms with Crippen molar-refractivity contribution in [3.8, 4) is 28.7 Å². The van der Waals surface area contributed by atoms with Gasteiger partial charge >= 0.3 is 12.1 Å². The summed E-state index contributed by atoms with van der Waals surface area (Å²) in [6, 6.07) is 7.84. The Kier molecular flexibility index (Phi) is 8.32. The zero-order chi connectivity index (χ0) is 29.3. The highest BCUT2D eigenvalue weighted by atomic mass is 35.5. The maximum Gasteiger partial charge on any atom is 0.434 e. The molecule has 1 aliphatic heterocycles. The third-order valence-electron chi connectivity index (χ3n) is 6.73. The van der Waals surface area contributed by atoms with Crippen molar-refractivity contribution in [1.82, 2.24) is 29.8 Å². The van der Waals surface area contributed by atoms with E-state index in [9.17, 15) is 23.1 Å². The predicted octanol–water partition coefficient (Wildman–Crippen LogP) is 5.53. The minimum absolute atomic E-state index is 0.0390. The number of aromatic nitrogens is 5. The lowest BCUT2D eigenvalue weighted by Gasteiger charge is -2.33. The summed E-state index contributed by atoms with van der Waals surface area (Å²) in [6.07, 6.45) is -1.79. The van der Waals surface area contributed by atoms with Crippen molar-refractivity contribution in [2.24, 2.45) is 5.92 Å². The molecule has 2 N–H and O–H groups in total. The van der Waals surface area contributed by atoms with Gasteiger partial charge in [-0.2, -0.15) is 23.3 Å². The third-order valence-corrected chi connectivity index (χ3v) is 7.22. The monoisotopic (exact) mass is 610 g/mol. The molecule has 2 atom stereocenters. The van der Waals surface area contributed by atoms with Gasteiger partial charge in [0, 0.05) is 31.3 Å². The molecule has 216 valence electrons. The zero-order valence-electron chi connectivity index (χ0n) is 21.2. The van der Waals surface area contributed by atoms with Crippen molar-refractivity contribution in [1.29, 1.82) is 0 Å². The van der Waals surface area contributed by atoms with Crippen LogP contribution in [0.15, 0.2) is 47.2 Å². The van der Waals surface area contributed by atoms with Gasteiger partial charge in [-0.25, -0.2) is 9.67 Å². The van der Waals surface area contributed by atoms with Crippen molar-refractivity contribution < 1.29 is 32.7 Å². The van der Waals surface area contributed by atoms with E-state index in [0.29, 0.717) is 28.9 Å². The molecule has 41 heavy (non-hydrogen) atoms. The number of benzene rings is 1. The van der Waals surface area contributed by atoms with E-state index in [4.69, 9.17) is 32.8 Å². The van der Waals surface area contributed by atoms with Gasteiger partial charge in [0.05, 0.1) is 27.9 Å². The van der Waals surface area contributed by atoms with Crippen LogP contribution in [0.3, 0.4) is 0 Å². The summed E-state index contributed by atoms with van der Waals surface area (Å²) in [5.41, 5.74) is -0.588. The third kappa shape index (κ3) is 6.53. The van der Waals surface area contributed by atoms with Gasteiger partial charge in [-0.3, -0.25) is 4.79 Å². The molecule has 0 radical (unpaired) electrons. The highest BCUT2D eigenvalue weighted by Crippen LogP contribution is 2.39. The van der Waals surface area contributed by atoms with E-state index >= 15 is 0 Å². The largest absolute Gasteiger partial charge is 0.481 e. The van der Waals surface area contributed by atoms with E-state index in [-0.39, 0.29) is 34.0 Å². The number of halogens is 5. The zero-order valence-corrected chi connectivity index (χ0v) is 22.7. The normalized spacial score (nSPS) is 17.1. The molecule has 1 fully saturated rings. The molecule has 0 amide bonds. The highest BCUT2D eigenvalue weighted by Gasteiger charge is 2.41. The molecular weight excluding hydrogens is 588 g/mol. The fraction of sp³-hybridized carbons (Fsp3) is 0.346. The summed E-state index contributed by atoms with van der Waals surface area (Å²) >= 11 is 11.9. The Morgan fingerprint density at radius 1 is 1.20 bits per heavy atom. The second-order valence-electron chi connectivity index (χ2n) is 9.70. The number of hydrogen-bond acceptors (Lipinski definition) is 8. The smallest absolute Gasteiger partial charge is 0.434 e. The van der Waals surface area contributed by atoms with E-state index in [1.807, 2.05) is 4.90 Å². The molecule has 15 heteroatoms. The first kappa shape index (κ1) is 29.0. The first-order valence-corrected chi connectivity index (χ1v) is 13.3. The number of aliphatic carboxylic acids is 1. The molecule has 0 spiro atoms. The first-order valence-electron chi connectivity index (χ1n) is 12.5. The van der Waals surface area contributed by atoms with E-state index in [1.54, 1.807) is 24.3 Å². The van der Waals surface area contributed by atoms with Gasteiger partial charge in [-0.1, -0.05) is 52.6 Å².